The van der Waals surface area contributed by atoms with Crippen LogP contribution in [0, 0.1) is 0 Å². The molecular weight excluding hydrogens is 347 g/mol. The molecule has 100 valence electrons. The molecule has 0 radical (unpaired) electrons. The molecule has 0 N–H and O–H groups in total. The first-order valence-electron chi connectivity index (χ1n) is 5.95. The molecule has 0 aliphatic carbocycles. The number of hydrogen-bond acceptors (Lipinski definition) is 1. The Hall–Kier alpha value is -0.700. The summed E-state index contributed by atoms with van der Waals surface area (Å²) in [6.45, 7) is 2.54. The van der Waals surface area contributed by atoms with Gasteiger partial charge >= 0.3 is 0 Å². The Morgan fingerprint density at radius 3 is 2.53 bits per heavy atom. The fourth-order valence-electron chi connectivity index (χ4n) is 1.76. The van der Waals surface area contributed by atoms with Crippen molar-refractivity contribution < 1.29 is 4.74 Å². The van der Waals surface area contributed by atoms with Crippen LogP contribution in [0.15, 0.2) is 40.9 Å². The third-order valence-electron chi connectivity index (χ3n) is 2.80. The SMILES string of the molecule is CCc1cc(Br)ccc1OCc1ccc(Cl)cc1Cl. The third-order valence-corrected chi connectivity index (χ3v) is 3.88. The first kappa shape index (κ1) is 14.7. The molecule has 0 heterocycles. The Morgan fingerprint density at radius 1 is 1.05 bits per heavy atom. The lowest BCUT2D eigenvalue weighted by atomic mass is 10.1. The van der Waals surface area contributed by atoms with E-state index >= 15 is 0 Å². The van der Waals surface area contributed by atoms with Gasteiger partial charge in [0.25, 0.3) is 0 Å². The number of benzene rings is 2. The maximum absolute atomic E-state index is 6.12. The Labute approximate surface area is 131 Å². The molecule has 0 unspecified atom stereocenters. The molecule has 0 fully saturated rings. The normalized spacial score (nSPS) is 10.5. The van der Waals surface area contributed by atoms with Crippen molar-refractivity contribution >= 4 is 39.1 Å². The second-order valence-electron chi connectivity index (χ2n) is 4.13. The van der Waals surface area contributed by atoms with Crippen LogP contribution in [0.1, 0.15) is 18.1 Å². The molecule has 0 amide bonds. The van der Waals surface area contributed by atoms with Gasteiger partial charge in [0.2, 0.25) is 0 Å². The predicted octanol–water partition coefficient (Wildman–Crippen LogP) is 5.90. The second-order valence-corrected chi connectivity index (χ2v) is 5.89. The number of rotatable bonds is 4. The number of aryl methyl sites for hydroxylation is 1. The van der Waals surface area contributed by atoms with Crippen LogP contribution in [0.5, 0.6) is 5.75 Å². The molecule has 0 saturated heterocycles. The van der Waals surface area contributed by atoms with E-state index in [-0.39, 0.29) is 0 Å². The summed E-state index contributed by atoms with van der Waals surface area (Å²) >= 11 is 15.5. The van der Waals surface area contributed by atoms with Crippen molar-refractivity contribution in [3.63, 3.8) is 0 Å². The summed E-state index contributed by atoms with van der Waals surface area (Å²) in [7, 11) is 0. The van der Waals surface area contributed by atoms with Gasteiger partial charge < -0.3 is 4.74 Å². The average molecular weight is 360 g/mol. The molecule has 0 aliphatic rings. The lowest BCUT2D eigenvalue weighted by molar-refractivity contribution is 0.303. The average Bonchev–Trinajstić information content (AvgIpc) is 2.39. The number of hydrogen-bond donors (Lipinski definition) is 0. The summed E-state index contributed by atoms with van der Waals surface area (Å²) in [4.78, 5) is 0. The highest BCUT2D eigenvalue weighted by Crippen LogP contribution is 2.26. The highest BCUT2D eigenvalue weighted by Gasteiger charge is 2.06. The van der Waals surface area contributed by atoms with E-state index in [1.54, 1.807) is 6.07 Å². The zero-order valence-corrected chi connectivity index (χ0v) is 13.5. The Kier molecular flexibility index (Phi) is 5.14. The summed E-state index contributed by atoms with van der Waals surface area (Å²) < 4.78 is 6.90. The minimum atomic E-state index is 0.435. The lowest BCUT2D eigenvalue weighted by Crippen LogP contribution is -1.99. The summed E-state index contributed by atoms with van der Waals surface area (Å²) in [5, 5.41) is 1.26. The largest absolute Gasteiger partial charge is 0.489 e. The van der Waals surface area contributed by atoms with Crippen molar-refractivity contribution in [2.45, 2.75) is 20.0 Å². The fraction of sp³-hybridized carbons (Fsp3) is 0.200. The predicted molar refractivity (Wildman–Crippen MR) is 84.3 cm³/mol. The van der Waals surface area contributed by atoms with Crippen LogP contribution in [0.2, 0.25) is 10.0 Å². The molecule has 2 aromatic carbocycles. The van der Waals surface area contributed by atoms with Gasteiger partial charge in [0.15, 0.2) is 0 Å². The van der Waals surface area contributed by atoms with Gasteiger partial charge in [0.05, 0.1) is 0 Å². The van der Waals surface area contributed by atoms with Crippen molar-refractivity contribution in [1.29, 1.82) is 0 Å². The Balaban J connectivity index is 2.14. The number of halogens is 3. The molecule has 0 aliphatic heterocycles. The maximum Gasteiger partial charge on any atom is 0.123 e. The van der Waals surface area contributed by atoms with Crippen LogP contribution in [0.25, 0.3) is 0 Å². The van der Waals surface area contributed by atoms with Crippen LogP contribution >= 0.6 is 39.1 Å². The molecule has 2 aromatic rings. The van der Waals surface area contributed by atoms with Gasteiger partial charge in [-0.05, 0) is 42.3 Å². The number of ether oxygens (including phenoxy) is 1. The molecule has 0 atom stereocenters. The molecule has 19 heavy (non-hydrogen) atoms. The molecular formula is C15H13BrCl2O. The van der Waals surface area contributed by atoms with Crippen molar-refractivity contribution in [2.75, 3.05) is 0 Å². The van der Waals surface area contributed by atoms with Gasteiger partial charge in [-0.25, -0.2) is 0 Å². The minimum absolute atomic E-state index is 0.435. The van der Waals surface area contributed by atoms with E-state index in [0.717, 1.165) is 22.2 Å². The van der Waals surface area contributed by atoms with Crippen LogP contribution in [0.3, 0.4) is 0 Å². The van der Waals surface area contributed by atoms with E-state index in [0.29, 0.717) is 16.7 Å². The van der Waals surface area contributed by atoms with Gasteiger partial charge in [-0.2, -0.15) is 0 Å². The zero-order valence-electron chi connectivity index (χ0n) is 10.4. The zero-order chi connectivity index (χ0) is 13.8. The lowest BCUT2D eigenvalue weighted by Gasteiger charge is -2.12. The minimum Gasteiger partial charge on any atom is -0.489 e. The Morgan fingerprint density at radius 2 is 1.84 bits per heavy atom. The summed E-state index contributed by atoms with van der Waals surface area (Å²) in [5.41, 5.74) is 2.09. The molecule has 4 heteroatoms. The van der Waals surface area contributed by atoms with Crippen LogP contribution in [-0.4, -0.2) is 0 Å². The van der Waals surface area contributed by atoms with Crippen molar-refractivity contribution in [1.82, 2.24) is 0 Å². The summed E-state index contributed by atoms with van der Waals surface area (Å²) in [5.74, 6) is 0.886. The van der Waals surface area contributed by atoms with Crippen LogP contribution in [-0.2, 0) is 13.0 Å². The highest BCUT2D eigenvalue weighted by molar-refractivity contribution is 9.10. The molecule has 2 rings (SSSR count). The van der Waals surface area contributed by atoms with E-state index in [9.17, 15) is 0 Å². The first-order chi connectivity index (χ1) is 9.10. The maximum atomic E-state index is 6.12. The van der Waals surface area contributed by atoms with E-state index in [1.807, 2.05) is 24.3 Å². The molecule has 0 bridgehead atoms. The molecule has 1 nitrogen and oxygen atoms in total. The molecule has 0 spiro atoms. The quantitative estimate of drug-likeness (QED) is 0.660. The smallest absolute Gasteiger partial charge is 0.123 e. The van der Waals surface area contributed by atoms with Gasteiger partial charge in [0.1, 0.15) is 12.4 Å². The first-order valence-corrected chi connectivity index (χ1v) is 7.50. The standard InChI is InChI=1S/C15H13BrCl2O/c1-2-10-7-12(16)4-6-15(10)19-9-11-3-5-13(17)8-14(11)18/h3-8H,2,9H2,1H3. The third kappa shape index (κ3) is 3.88. The second kappa shape index (κ2) is 6.65. The van der Waals surface area contributed by atoms with Crippen molar-refractivity contribution in [2.24, 2.45) is 0 Å². The highest BCUT2D eigenvalue weighted by atomic mass is 79.9. The van der Waals surface area contributed by atoms with Gasteiger partial charge in [-0.15, -0.1) is 0 Å². The Bertz CT molecular complexity index is 584. The van der Waals surface area contributed by atoms with E-state index in [1.165, 1.54) is 5.56 Å². The van der Waals surface area contributed by atoms with E-state index in [4.69, 9.17) is 27.9 Å². The molecule has 0 saturated carbocycles. The van der Waals surface area contributed by atoms with E-state index in [2.05, 4.69) is 28.9 Å². The fourth-order valence-corrected chi connectivity index (χ4v) is 2.63. The van der Waals surface area contributed by atoms with Crippen molar-refractivity contribution in [3.8, 4) is 5.75 Å². The monoisotopic (exact) mass is 358 g/mol. The van der Waals surface area contributed by atoms with Gasteiger partial charge in [-0.3, -0.25) is 0 Å². The van der Waals surface area contributed by atoms with E-state index < -0.39 is 0 Å². The van der Waals surface area contributed by atoms with Crippen LogP contribution < -0.4 is 4.74 Å². The summed E-state index contributed by atoms with van der Waals surface area (Å²) in [6, 6.07) is 11.4. The van der Waals surface area contributed by atoms with Crippen LogP contribution in [0.4, 0.5) is 0 Å². The summed E-state index contributed by atoms with van der Waals surface area (Å²) in [6.07, 6.45) is 0.920. The molecule has 0 aromatic heterocycles. The van der Waals surface area contributed by atoms with Gasteiger partial charge in [-0.1, -0.05) is 52.1 Å². The van der Waals surface area contributed by atoms with Gasteiger partial charge in [0, 0.05) is 20.1 Å². The topological polar surface area (TPSA) is 9.23 Å². The van der Waals surface area contributed by atoms with Crippen molar-refractivity contribution in [3.05, 3.63) is 62.0 Å².